The van der Waals surface area contributed by atoms with Crippen molar-refractivity contribution in [2.45, 2.75) is 32.7 Å². The quantitative estimate of drug-likeness (QED) is 0.774. The van der Waals surface area contributed by atoms with E-state index in [9.17, 15) is 0 Å². The van der Waals surface area contributed by atoms with Crippen LogP contribution in [0.15, 0.2) is 36.9 Å². The van der Waals surface area contributed by atoms with E-state index in [1.807, 2.05) is 30.3 Å². The molecule has 0 bridgehead atoms. The van der Waals surface area contributed by atoms with E-state index >= 15 is 0 Å². The average molecular weight is 262 g/mol. The van der Waals surface area contributed by atoms with Gasteiger partial charge >= 0.3 is 0 Å². The van der Waals surface area contributed by atoms with Crippen molar-refractivity contribution in [3.63, 3.8) is 0 Å². The lowest BCUT2D eigenvalue weighted by Gasteiger charge is -2.41. The molecule has 0 radical (unpaired) electrons. The summed E-state index contributed by atoms with van der Waals surface area (Å²) in [5.74, 6) is 0.836. The number of rotatable bonds is 4. The van der Waals surface area contributed by atoms with Gasteiger partial charge in [0.25, 0.3) is 0 Å². The molecule has 0 aliphatic carbocycles. The van der Waals surface area contributed by atoms with Crippen LogP contribution in [0.25, 0.3) is 0 Å². The van der Waals surface area contributed by atoms with Crippen LogP contribution in [0.5, 0.6) is 5.75 Å². The SMILES string of the molecule is C=CCC1OC(c2ccc(OC)cc2)OCC1(C)C. The standard InChI is InChI=1S/C16H22O3/c1-5-6-14-16(2,3)11-18-15(19-14)12-7-9-13(17-4)10-8-12/h5,7-10,14-15H,1,6,11H2,2-4H3. The fourth-order valence-corrected chi connectivity index (χ4v) is 2.22. The second-order valence-corrected chi connectivity index (χ2v) is 5.55. The molecule has 19 heavy (non-hydrogen) atoms. The molecule has 3 heteroatoms. The molecule has 2 atom stereocenters. The Morgan fingerprint density at radius 1 is 1.37 bits per heavy atom. The van der Waals surface area contributed by atoms with Gasteiger partial charge in [-0.15, -0.1) is 6.58 Å². The van der Waals surface area contributed by atoms with Gasteiger partial charge in [0.15, 0.2) is 6.29 Å². The number of methoxy groups -OCH3 is 1. The van der Waals surface area contributed by atoms with Crippen molar-refractivity contribution in [3.8, 4) is 5.75 Å². The Hall–Kier alpha value is -1.32. The van der Waals surface area contributed by atoms with Crippen LogP contribution in [0.1, 0.15) is 32.1 Å². The Bertz CT molecular complexity index is 422. The van der Waals surface area contributed by atoms with Crippen LogP contribution >= 0.6 is 0 Å². The first-order chi connectivity index (χ1) is 9.06. The molecule has 1 aromatic carbocycles. The van der Waals surface area contributed by atoms with Gasteiger partial charge < -0.3 is 14.2 Å². The summed E-state index contributed by atoms with van der Waals surface area (Å²) in [6.45, 7) is 8.80. The Kier molecular flexibility index (Phi) is 4.27. The van der Waals surface area contributed by atoms with Crippen molar-refractivity contribution in [2.75, 3.05) is 13.7 Å². The maximum atomic E-state index is 6.07. The first kappa shape index (κ1) is 14.1. The third-order valence-corrected chi connectivity index (χ3v) is 3.53. The second-order valence-electron chi connectivity index (χ2n) is 5.55. The van der Waals surface area contributed by atoms with E-state index < -0.39 is 0 Å². The summed E-state index contributed by atoms with van der Waals surface area (Å²) in [5.41, 5.74) is 1.03. The van der Waals surface area contributed by atoms with Gasteiger partial charge in [-0.05, 0) is 18.6 Å². The molecule has 3 nitrogen and oxygen atoms in total. The molecule has 2 unspecified atom stereocenters. The minimum Gasteiger partial charge on any atom is -0.497 e. The van der Waals surface area contributed by atoms with Gasteiger partial charge in [-0.2, -0.15) is 0 Å². The lowest BCUT2D eigenvalue weighted by molar-refractivity contribution is -0.263. The molecule has 0 N–H and O–H groups in total. The van der Waals surface area contributed by atoms with Gasteiger partial charge in [-0.1, -0.05) is 32.1 Å². The number of hydrogen-bond acceptors (Lipinski definition) is 3. The Morgan fingerprint density at radius 3 is 2.63 bits per heavy atom. The van der Waals surface area contributed by atoms with Gasteiger partial charge in [0.2, 0.25) is 0 Å². The van der Waals surface area contributed by atoms with Crippen molar-refractivity contribution in [3.05, 3.63) is 42.5 Å². The van der Waals surface area contributed by atoms with E-state index in [0.717, 1.165) is 17.7 Å². The molecule has 1 aromatic rings. The number of benzene rings is 1. The van der Waals surface area contributed by atoms with E-state index in [4.69, 9.17) is 14.2 Å². The highest BCUT2D eigenvalue weighted by Crippen LogP contribution is 2.38. The highest BCUT2D eigenvalue weighted by atomic mass is 16.7. The van der Waals surface area contributed by atoms with Gasteiger partial charge in [0.1, 0.15) is 5.75 Å². The summed E-state index contributed by atoms with van der Waals surface area (Å²) in [7, 11) is 1.66. The molecule has 1 aliphatic heterocycles. The molecular formula is C16H22O3. The van der Waals surface area contributed by atoms with E-state index in [2.05, 4.69) is 20.4 Å². The molecule has 1 aliphatic rings. The van der Waals surface area contributed by atoms with Crippen molar-refractivity contribution in [1.29, 1.82) is 0 Å². The van der Waals surface area contributed by atoms with Gasteiger partial charge in [0, 0.05) is 11.0 Å². The molecule has 1 saturated heterocycles. The van der Waals surface area contributed by atoms with Crippen LogP contribution in [0.4, 0.5) is 0 Å². The Labute approximate surface area is 115 Å². The monoisotopic (exact) mass is 262 g/mol. The Balaban J connectivity index is 2.11. The lowest BCUT2D eigenvalue weighted by Crippen LogP contribution is -2.42. The normalized spacial score (nSPS) is 25.8. The molecule has 0 spiro atoms. The summed E-state index contributed by atoms with van der Waals surface area (Å²) in [4.78, 5) is 0. The predicted octanol–water partition coefficient (Wildman–Crippen LogP) is 3.71. The largest absolute Gasteiger partial charge is 0.497 e. The van der Waals surface area contributed by atoms with Crippen LogP contribution in [0.3, 0.4) is 0 Å². The molecule has 0 aromatic heterocycles. The maximum Gasteiger partial charge on any atom is 0.184 e. The van der Waals surface area contributed by atoms with Crippen LogP contribution in [0.2, 0.25) is 0 Å². The van der Waals surface area contributed by atoms with Crippen molar-refractivity contribution in [1.82, 2.24) is 0 Å². The van der Waals surface area contributed by atoms with E-state index in [1.165, 1.54) is 0 Å². The number of ether oxygens (including phenoxy) is 3. The smallest absolute Gasteiger partial charge is 0.184 e. The minimum absolute atomic E-state index is 0.0111. The second kappa shape index (κ2) is 5.76. The third-order valence-electron chi connectivity index (χ3n) is 3.53. The first-order valence-corrected chi connectivity index (χ1v) is 6.59. The molecule has 104 valence electrons. The first-order valence-electron chi connectivity index (χ1n) is 6.59. The Morgan fingerprint density at radius 2 is 2.05 bits per heavy atom. The predicted molar refractivity (Wildman–Crippen MR) is 75.2 cm³/mol. The summed E-state index contributed by atoms with van der Waals surface area (Å²) in [6, 6.07) is 7.80. The zero-order valence-electron chi connectivity index (χ0n) is 11.9. The third kappa shape index (κ3) is 3.17. The summed E-state index contributed by atoms with van der Waals surface area (Å²) < 4.78 is 17.1. The van der Waals surface area contributed by atoms with Crippen molar-refractivity contribution in [2.24, 2.45) is 5.41 Å². The average Bonchev–Trinajstić information content (AvgIpc) is 2.41. The zero-order valence-corrected chi connectivity index (χ0v) is 11.9. The van der Waals surface area contributed by atoms with Crippen LogP contribution < -0.4 is 4.74 Å². The minimum atomic E-state index is -0.302. The highest BCUT2D eigenvalue weighted by molar-refractivity contribution is 5.28. The van der Waals surface area contributed by atoms with Crippen LogP contribution in [-0.2, 0) is 9.47 Å². The molecule has 1 heterocycles. The highest BCUT2D eigenvalue weighted by Gasteiger charge is 2.37. The van der Waals surface area contributed by atoms with Crippen LogP contribution in [0, 0.1) is 5.41 Å². The molecule has 2 rings (SSSR count). The lowest BCUT2D eigenvalue weighted by atomic mass is 9.84. The van der Waals surface area contributed by atoms with Crippen molar-refractivity contribution < 1.29 is 14.2 Å². The number of hydrogen-bond donors (Lipinski definition) is 0. The van der Waals surface area contributed by atoms with Crippen LogP contribution in [-0.4, -0.2) is 19.8 Å². The van der Waals surface area contributed by atoms with E-state index in [0.29, 0.717) is 6.61 Å². The summed E-state index contributed by atoms with van der Waals surface area (Å²) in [6.07, 6.45) is 2.57. The zero-order chi connectivity index (χ0) is 13.9. The molecular weight excluding hydrogens is 240 g/mol. The maximum absolute atomic E-state index is 6.07. The van der Waals surface area contributed by atoms with E-state index in [1.54, 1.807) is 7.11 Å². The van der Waals surface area contributed by atoms with Gasteiger partial charge in [-0.25, -0.2) is 0 Å². The summed E-state index contributed by atoms with van der Waals surface area (Å²) >= 11 is 0. The molecule has 0 amide bonds. The van der Waals surface area contributed by atoms with Gasteiger partial charge in [0.05, 0.1) is 19.8 Å². The van der Waals surface area contributed by atoms with E-state index in [-0.39, 0.29) is 17.8 Å². The molecule has 1 fully saturated rings. The fourth-order valence-electron chi connectivity index (χ4n) is 2.22. The van der Waals surface area contributed by atoms with Crippen molar-refractivity contribution >= 4 is 0 Å². The fraction of sp³-hybridized carbons (Fsp3) is 0.500. The topological polar surface area (TPSA) is 27.7 Å². The van der Waals surface area contributed by atoms with Gasteiger partial charge in [-0.3, -0.25) is 0 Å². The summed E-state index contributed by atoms with van der Waals surface area (Å²) in [5, 5.41) is 0. The molecule has 0 saturated carbocycles.